The molecule has 0 aliphatic carbocycles. The lowest BCUT2D eigenvalue weighted by molar-refractivity contribution is 0.0996. The predicted molar refractivity (Wildman–Crippen MR) is 90.2 cm³/mol. The lowest BCUT2D eigenvalue weighted by Crippen LogP contribution is -2.16. The van der Waals surface area contributed by atoms with Crippen molar-refractivity contribution in [2.75, 3.05) is 10.0 Å². The highest BCUT2D eigenvalue weighted by atomic mass is 32.2. The lowest BCUT2D eigenvalue weighted by Gasteiger charge is -2.11. The molecular weight excluding hydrogens is 385 g/mol. The zero-order valence-corrected chi connectivity index (χ0v) is 14.2. The van der Waals surface area contributed by atoms with Gasteiger partial charge in [-0.05, 0) is 42.5 Å². The fourth-order valence-corrected chi connectivity index (χ4v) is 3.31. The van der Waals surface area contributed by atoms with Crippen LogP contribution in [0.3, 0.4) is 0 Å². The van der Waals surface area contributed by atoms with E-state index in [9.17, 15) is 26.4 Å². The number of carbonyl (C=O) groups is 1. The summed E-state index contributed by atoms with van der Waals surface area (Å²) in [4.78, 5) is 10.9. The minimum Gasteiger partial charge on any atom is -0.459 e. The minimum absolute atomic E-state index is 0.0311. The Morgan fingerprint density at radius 2 is 1.67 bits per heavy atom. The van der Waals surface area contributed by atoms with Crippen LogP contribution in [-0.2, 0) is 10.0 Å². The molecule has 0 aliphatic rings. The van der Waals surface area contributed by atoms with Gasteiger partial charge in [-0.3, -0.25) is 9.52 Å². The quantitative estimate of drug-likeness (QED) is 0.643. The van der Waals surface area contributed by atoms with Crippen molar-refractivity contribution in [2.45, 2.75) is 4.90 Å². The van der Waals surface area contributed by atoms with E-state index in [0.717, 1.165) is 0 Å². The van der Waals surface area contributed by atoms with Crippen LogP contribution in [0, 0.1) is 17.5 Å². The molecule has 3 rings (SSSR count). The normalized spacial score (nSPS) is 11.2. The number of rotatable bonds is 5. The third kappa shape index (κ3) is 3.95. The molecule has 0 unspecified atom stereocenters. The Kier molecular flexibility index (Phi) is 4.91. The molecule has 1 heterocycles. The number of furan rings is 1. The van der Waals surface area contributed by atoms with Gasteiger partial charge in [0.05, 0.1) is 12.0 Å². The topological polar surface area (TPSA) is 88.4 Å². The Morgan fingerprint density at radius 3 is 2.37 bits per heavy atom. The number of sulfonamides is 1. The lowest BCUT2D eigenvalue weighted by atomic mass is 10.3. The molecule has 0 saturated heterocycles. The molecule has 6 nitrogen and oxygen atoms in total. The minimum atomic E-state index is -4.53. The van der Waals surface area contributed by atoms with Gasteiger partial charge in [-0.15, -0.1) is 0 Å². The summed E-state index contributed by atoms with van der Waals surface area (Å²) in [5.41, 5.74) is 0.193. The Balaban J connectivity index is 1.83. The highest BCUT2D eigenvalue weighted by molar-refractivity contribution is 7.92. The van der Waals surface area contributed by atoms with Crippen LogP contribution in [0.1, 0.15) is 10.6 Å². The summed E-state index contributed by atoms with van der Waals surface area (Å²) < 4.78 is 71.6. The highest BCUT2D eigenvalue weighted by Crippen LogP contribution is 2.24. The van der Waals surface area contributed by atoms with Crippen LogP contribution in [-0.4, -0.2) is 14.3 Å². The summed E-state index contributed by atoms with van der Waals surface area (Å²) in [6.45, 7) is 0. The summed E-state index contributed by atoms with van der Waals surface area (Å²) in [6.07, 6.45) is 1.32. The van der Waals surface area contributed by atoms with Crippen molar-refractivity contribution in [1.29, 1.82) is 0 Å². The van der Waals surface area contributed by atoms with Crippen LogP contribution in [0.4, 0.5) is 24.5 Å². The molecule has 0 spiro atoms. The van der Waals surface area contributed by atoms with Crippen LogP contribution in [0.5, 0.6) is 0 Å². The second-order valence-corrected chi connectivity index (χ2v) is 6.94. The highest BCUT2D eigenvalue weighted by Gasteiger charge is 2.24. The van der Waals surface area contributed by atoms with Gasteiger partial charge in [-0.2, -0.15) is 0 Å². The van der Waals surface area contributed by atoms with E-state index in [4.69, 9.17) is 4.42 Å². The SMILES string of the molecule is O=C(Nc1cccc(NS(=O)(=O)c2ccc(F)c(F)c2F)c1)c1ccco1. The van der Waals surface area contributed by atoms with E-state index < -0.39 is 38.3 Å². The van der Waals surface area contributed by atoms with Crippen LogP contribution in [0.2, 0.25) is 0 Å². The number of hydrogen-bond donors (Lipinski definition) is 2. The molecule has 0 saturated carbocycles. The van der Waals surface area contributed by atoms with E-state index in [1.54, 1.807) is 0 Å². The monoisotopic (exact) mass is 396 g/mol. The average Bonchev–Trinajstić information content (AvgIpc) is 3.14. The first-order chi connectivity index (χ1) is 12.8. The van der Waals surface area contributed by atoms with Gasteiger partial charge in [0, 0.05) is 5.69 Å². The van der Waals surface area contributed by atoms with Crippen LogP contribution >= 0.6 is 0 Å². The van der Waals surface area contributed by atoms with Crippen molar-refractivity contribution in [1.82, 2.24) is 0 Å². The number of nitrogens with one attached hydrogen (secondary N) is 2. The molecule has 1 aromatic heterocycles. The third-order valence-electron chi connectivity index (χ3n) is 3.41. The zero-order valence-electron chi connectivity index (χ0n) is 13.4. The summed E-state index contributed by atoms with van der Waals surface area (Å²) in [5, 5.41) is 2.49. The number of hydrogen-bond acceptors (Lipinski definition) is 4. The number of amides is 1. The number of benzene rings is 2. The molecule has 10 heteroatoms. The molecule has 0 aliphatic heterocycles. The molecule has 2 N–H and O–H groups in total. The van der Waals surface area contributed by atoms with Crippen molar-refractivity contribution in [3.8, 4) is 0 Å². The molecule has 0 radical (unpaired) electrons. The molecule has 3 aromatic rings. The maximum Gasteiger partial charge on any atom is 0.291 e. The van der Waals surface area contributed by atoms with Gasteiger partial charge in [0.2, 0.25) is 0 Å². The molecule has 27 heavy (non-hydrogen) atoms. The maximum absolute atomic E-state index is 13.8. The molecule has 140 valence electrons. The molecular formula is C17H11F3N2O4S. The molecule has 0 atom stereocenters. The van der Waals surface area contributed by atoms with E-state index >= 15 is 0 Å². The summed E-state index contributed by atoms with van der Waals surface area (Å²) in [6, 6.07) is 9.58. The summed E-state index contributed by atoms with van der Waals surface area (Å²) >= 11 is 0. The fraction of sp³-hybridized carbons (Fsp3) is 0. The van der Waals surface area contributed by atoms with E-state index in [1.165, 1.54) is 42.7 Å². The van der Waals surface area contributed by atoms with E-state index in [-0.39, 0.29) is 17.1 Å². The third-order valence-corrected chi connectivity index (χ3v) is 4.81. The van der Waals surface area contributed by atoms with Crippen molar-refractivity contribution in [3.05, 3.63) is 78.0 Å². The molecule has 0 bridgehead atoms. The first-order valence-electron chi connectivity index (χ1n) is 7.39. The van der Waals surface area contributed by atoms with Gasteiger partial charge in [0.1, 0.15) is 4.90 Å². The smallest absolute Gasteiger partial charge is 0.291 e. The Bertz CT molecular complexity index is 1100. The number of halogens is 3. The number of anilines is 2. The van der Waals surface area contributed by atoms with Crippen LogP contribution < -0.4 is 10.0 Å². The van der Waals surface area contributed by atoms with Gasteiger partial charge < -0.3 is 9.73 Å². The zero-order chi connectivity index (χ0) is 19.6. The van der Waals surface area contributed by atoms with Crippen molar-refractivity contribution in [3.63, 3.8) is 0 Å². The van der Waals surface area contributed by atoms with Crippen molar-refractivity contribution >= 4 is 27.3 Å². The largest absolute Gasteiger partial charge is 0.459 e. The van der Waals surface area contributed by atoms with Gasteiger partial charge in [-0.1, -0.05) is 6.07 Å². The Labute approximate surface area is 151 Å². The van der Waals surface area contributed by atoms with E-state index in [0.29, 0.717) is 12.1 Å². The van der Waals surface area contributed by atoms with E-state index in [2.05, 4.69) is 5.32 Å². The molecule has 1 amide bonds. The molecule has 2 aromatic carbocycles. The number of carbonyl (C=O) groups excluding carboxylic acids is 1. The predicted octanol–water partition coefficient (Wildman–Crippen LogP) is 3.75. The second kappa shape index (κ2) is 7.16. The van der Waals surface area contributed by atoms with Crippen LogP contribution in [0.15, 0.2) is 64.1 Å². The molecule has 0 fully saturated rings. The van der Waals surface area contributed by atoms with Gasteiger partial charge in [0.25, 0.3) is 15.9 Å². The van der Waals surface area contributed by atoms with E-state index in [1.807, 2.05) is 4.72 Å². The van der Waals surface area contributed by atoms with Crippen molar-refractivity contribution < 1.29 is 30.8 Å². The van der Waals surface area contributed by atoms with Crippen molar-refractivity contribution in [2.24, 2.45) is 0 Å². The van der Waals surface area contributed by atoms with Gasteiger partial charge in [0.15, 0.2) is 23.2 Å². The van der Waals surface area contributed by atoms with Gasteiger partial charge >= 0.3 is 0 Å². The second-order valence-electron chi connectivity index (χ2n) is 5.29. The van der Waals surface area contributed by atoms with Gasteiger partial charge in [-0.25, -0.2) is 21.6 Å². The Morgan fingerprint density at radius 1 is 0.926 bits per heavy atom. The standard InChI is InChI=1S/C17H11F3N2O4S/c18-12-6-7-14(16(20)15(12)19)27(24,25)22-11-4-1-3-10(9-11)21-17(23)13-5-2-8-26-13/h1-9,22H,(H,21,23). The average molecular weight is 396 g/mol. The fourth-order valence-electron chi connectivity index (χ4n) is 2.19. The first-order valence-corrected chi connectivity index (χ1v) is 8.87. The Hall–Kier alpha value is -3.27. The maximum atomic E-state index is 13.8. The summed E-state index contributed by atoms with van der Waals surface area (Å²) in [5.74, 6) is -5.74. The summed E-state index contributed by atoms with van der Waals surface area (Å²) in [7, 11) is -4.53. The van der Waals surface area contributed by atoms with Crippen LogP contribution in [0.25, 0.3) is 0 Å². The first kappa shape index (κ1) is 18.5.